The van der Waals surface area contributed by atoms with Crippen molar-refractivity contribution in [2.24, 2.45) is 5.92 Å². The number of ether oxygens (including phenoxy) is 1. The first kappa shape index (κ1) is 13.3. The van der Waals surface area contributed by atoms with Gasteiger partial charge in [-0.05, 0) is 46.1 Å². The molecule has 2 fully saturated rings. The van der Waals surface area contributed by atoms with Crippen LogP contribution in [0.25, 0.3) is 0 Å². The Bertz CT molecular complexity index is 589. The summed E-state index contributed by atoms with van der Waals surface area (Å²) in [4.78, 5) is 15.3. The monoisotopic (exact) mass is 289 g/mol. The molecule has 0 aromatic carbocycles. The van der Waals surface area contributed by atoms with Crippen molar-refractivity contribution in [1.29, 1.82) is 0 Å². The molecule has 3 aliphatic rings. The van der Waals surface area contributed by atoms with Gasteiger partial charge in [0.2, 0.25) is 0 Å². The summed E-state index contributed by atoms with van der Waals surface area (Å²) < 4.78 is 7.86. The molecular weight excluding hydrogens is 266 g/mol. The van der Waals surface area contributed by atoms with Crippen LogP contribution in [0.15, 0.2) is 12.3 Å². The summed E-state index contributed by atoms with van der Waals surface area (Å²) in [5.41, 5.74) is 0.463. The zero-order valence-corrected chi connectivity index (χ0v) is 13.0. The maximum absolute atomic E-state index is 12.9. The van der Waals surface area contributed by atoms with Crippen molar-refractivity contribution in [1.82, 2.24) is 14.7 Å². The number of hydrogen-bond acceptors (Lipinski definition) is 4. The Balaban J connectivity index is 1.67. The van der Waals surface area contributed by atoms with E-state index in [-0.39, 0.29) is 5.97 Å². The van der Waals surface area contributed by atoms with E-state index >= 15 is 0 Å². The lowest BCUT2D eigenvalue weighted by atomic mass is 9.89. The SMILES string of the molecule is CC(C)(C)OC(=O)[C@]12CCCN1[C@H]1c3ccnn3C[C@H]1C2. The van der Waals surface area contributed by atoms with Crippen LogP contribution >= 0.6 is 0 Å². The molecule has 0 bridgehead atoms. The minimum atomic E-state index is -0.417. The lowest BCUT2D eigenvalue weighted by Gasteiger charge is -2.35. The lowest BCUT2D eigenvalue weighted by molar-refractivity contribution is -0.167. The molecule has 21 heavy (non-hydrogen) atoms. The van der Waals surface area contributed by atoms with Gasteiger partial charge in [-0.25, -0.2) is 0 Å². The van der Waals surface area contributed by atoms with Gasteiger partial charge in [-0.3, -0.25) is 14.4 Å². The first-order valence-electron chi connectivity index (χ1n) is 7.93. The van der Waals surface area contributed by atoms with Gasteiger partial charge < -0.3 is 4.74 Å². The zero-order valence-electron chi connectivity index (χ0n) is 13.0. The fourth-order valence-electron chi connectivity index (χ4n) is 4.53. The summed E-state index contributed by atoms with van der Waals surface area (Å²) in [5.74, 6) is 0.481. The van der Waals surface area contributed by atoms with Crippen molar-refractivity contribution in [3.05, 3.63) is 18.0 Å². The maximum Gasteiger partial charge on any atom is 0.327 e. The molecule has 0 radical (unpaired) electrons. The fourth-order valence-corrected chi connectivity index (χ4v) is 4.53. The smallest absolute Gasteiger partial charge is 0.327 e. The molecular formula is C16H23N3O2. The van der Waals surface area contributed by atoms with Crippen LogP contribution in [-0.4, -0.2) is 38.3 Å². The summed E-state index contributed by atoms with van der Waals surface area (Å²) in [6.07, 6.45) is 4.80. The second-order valence-corrected chi connectivity index (χ2v) is 7.68. The first-order chi connectivity index (χ1) is 9.91. The molecule has 4 heterocycles. The van der Waals surface area contributed by atoms with Crippen LogP contribution in [0.2, 0.25) is 0 Å². The van der Waals surface area contributed by atoms with E-state index in [0.29, 0.717) is 12.0 Å². The van der Waals surface area contributed by atoms with Crippen LogP contribution in [0, 0.1) is 5.92 Å². The summed E-state index contributed by atoms with van der Waals surface area (Å²) >= 11 is 0. The van der Waals surface area contributed by atoms with Gasteiger partial charge >= 0.3 is 5.97 Å². The van der Waals surface area contributed by atoms with E-state index < -0.39 is 11.1 Å². The van der Waals surface area contributed by atoms with Gasteiger partial charge in [0.15, 0.2) is 0 Å². The highest BCUT2D eigenvalue weighted by molar-refractivity contribution is 5.82. The van der Waals surface area contributed by atoms with Gasteiger partial charge in [0.1, 0.15) is 11.1 Å². The Kier molecular flexibility index (Phi) is 2.60. The van der Waals surface area contributed by atoms with Crippen molar-refractivity contribution in [2.75, 3.05) is 6.54 Å². The van der Waals surface area contributed by atoms with Crippen LogP contribution in [0.5, 0.6) is 0 Å². The second kappa shape index (κ2) is 4.09. The number of hydrogen-bond donors (Lipinski definition) is 0. The second-order valence-electron chi connectivity index (χ2n) is 7.68. The van der Waals surface area contributed by atoms with Gasteiger partial charge in [0, 0.05) is 25.2 Å². The molecule has 3 aliphatic heterocycles. The molecule has 1 aromatic rings. The number of esters is 1. The number of carbonyl (C=O) groups is 1. The van der Waals surface area contributed by atoms with Crippen LogP contribution in [0.1, 0.15) is 51.8 Å². The van der Waals surface area contributed by atoms with Crippen LogP contribution in [-0.2, 0) is 16.1 Å². The molecule has 0 aliphatic carbocycles. The van der Waals surface area contributed by atoms with Crippen molar-refractivity contribution < 1.29 is 9.53 Å². The molecule has 114 valence electrons. The standard InChI is InChI=1S/C16H23N3O2/c1-15(2,3)21-14(20)16-6-4-8-18(16)13-11(9-16)10-19-12(13)5-7-17-19/h5,7,11,13H,4,6,8-10H2,1-3H3/t11-,13-,16-/m1/s1. The number of aromatic nitrogens is 2. The fraction of sp³-hybridized carbons (Fsp3) is 0.750. The van der Waals surface area contributed by atoms with Gasteiger partial charge in [0.25, 0.3) is 0 Å². The molecule has 1 aromatic heterocycles. The molecule has 0 amide bonds. The van der Waals surface area contributed by atoms with Crippen molar-refractivity contribution in [3.8, 4) is 0 Å². The van der Waals surface area contributed by atoms with Crippen molar-refractivity contribution in [3.63, 3.8) is 0 Å². The molecule has 0 unspecified atom stereocenters. The molecule has 4 rings (SSSR count). The van der Waals surface area contributed by atoms with Crippen molar-refractivity contribution >= 4 is 5.97 Å². The summed E-state index contributed by atoms with van der Waals surface area (Å²) in [7, 11) is 0. The van der Waals surface area contributed by atoms with E-state index in [1.807, 2.05) is 27.0 Å². The highest BCUT2D eigenvalue weighted by atomic mass is 16.6. The Labute approximate surface area is 125 Å². The van der Waals surface area contributed by atoms with E-state index in [2.05, 4.69) is 20.7 Å². The highest BCUT2D eigenvalue weighted by Crippen LogP contribution is 2.55. The average molecular weight is 289 g/mol. The third-order valence-electron chi connectivity index (χ3n) is 5.16. The Hall–Kier alpha value is -1.36. The topological polar surface area (TPSA) is 47.4 Å². The maximum atomic E-state index is 12.9. The van der Waals surface area contributed by atoms with Gasteiger partial charge in [-0.2, -0.15) is 5.10 Å². The Morgan fingerprint density at radius 3 is 3.05 bits per heavy atom. The van der Waals surface area contributed by atoms with Crippen LogP contribution in [0.3, 0.4) is 0 Å². The summed E-state index contributed by atoms with van der Waals surface area (Å²) in [6.45, 7) is 7.78. The highest BCUT2D eigenvalue weighted by Gasteiger charge is 2.61. The quantitative estimate of drug-likeness (QED) is 0.743. The molecule has 3 atom stereocenters. The predicted octanol–water partition coefficient (Wildman–Crippen LogP) is 2.13. The number of carbonyl (C=O) groups excluding carboxylic acids is 1. The molecule has 5 heteroatoms. The van der Waals surface area contributed by atoms with Gasteiger partial charge in [-0.15, -0.1) is 0 Å². The average Bonchev–Trinajstić information content (AvgIpc) is 3.02. The predicted molar refractivity (Wildman–Crippen MR) is 77.6 cm³/mol. The number of nitrogens with zero attached hydrogens (tertiary/aromatic N) is 3. The van der Waals surface area contributed by atoms with E-state index in [4.69, 9.17) is 4.74 Å². The zero-order chi connectivity index (χ0) is 14.8. The molecule has 0 saturated carbocycles. The van der Waals surface area contributed by atoms with E-state index in [9.17, 15) is 4.79 Å². The summed E-state index contributed by atoms with van der Waals surface area (Å²) in [6, 6.07) is 2.45. The lowest BCUT2D eigenvalue weighted by Crippen LogP contribution is -2.49. The van der Waals surface area contributed by atoms with E-state index in [1.54, 1.807) is 0 Å². The normalized spacial score (nSPS) is 34.6. The van der Waals surface area contributed by atoms with Gasteiger partial charge in [0.05, 0.1) is 11.7 Å². The van der Waals surface area contributed by atoms with Crippen LogP contribution in [0.4, 0.5) is 0 Å². The molecule has 0 N–H and O–H groups in total. The van der Waals surface area contributed by atoms with Crippen molar-refractivity contribution in [2.45, 2.75) is 63.8 Å². The van der Waals surface area contributed by atoms with E-state index in [1.165, 1.54) is 5.69 Å². The largest absolute Gasteiger partial charge is 0.459 e. The Morgan fingerprint density at radius 1 is 1.48 bits per heavy atom. The van der Waals surface area contributed by atoms with Gasteiger partial charge in [-0.1, -0.05) is 0 Å². The van der Waals surface area contributed by atoms with E-state index in [0.717, 1.165) is 32.4 Å². The first-order valence-corrected chi connectivity index (χ1v) is 7.93. The third kappa shape index (κ3) is 1.79. The molecule has 5 nitrogen and oxygen atoms in total. The van der Waals surface area contributed by atoms with Crippen LogP contribution < -0.4 is 0 Å². The summed E-state index contributed by atoms with van der Waals surface area (Å²) in [5, 5.41) is 4.39. The minimum Gasteiger partial charge on any atom is -0.459 e. The third-order valence-corrected chi connectivity index (χ3v) is 5.16. The number of fused-ring (bicyclic) bond motifs is 5. The molecule has 0 spiro atoms. The Morgan fingerprint density at radius 2 is 2.29 bits per heavy atom. The molecule has 2 saturated heterocycles. The number of rotatable bonds is 1. The minimum absolute atomic E-state index is 0.0204.